The number of carbonyl (C=O) groups excluding carboxylic acids is 3. The van der Waals surface area contributed by atoms with Gasteiger partial charge in [-0.2, -0.15) is 0 Å². The highest BCUT2D eigenvalue weighted by Gasteiger charge is 2.43. The first kappa shape index (κ1) is 19.9. The minimum atomic E-state index is -0.817. The Labute approximate surface area is 165 Å². The Morgan fingerprint density at radius 1 is 1.36 bits per heavy atom. The fourth-order valence-electron chi connectivity index (χ4n) is 2.82. The van der Waals surface area contributed by atoms with Crippen molar-refractivity contribution in [2.75, 3.05) is 17.7 Å². The topological polar surface area (TPSA) is 88.8 Å². The predicted molar refractivity (Wildman–Crippen MR) is 101 cm³/mol. The van der Waals surface area contributed by atoms with Crippen LogP contribution in [0.5, 0.6) is 0 Å². The fraction of sp³-hybridized carbons (Fsp3) is 0.316. The van der Waals surface area contributed by atoms with E-state index < -0.39 is 35.7 Å². The lowest BCUT2D eigenvalue weighted by molar-refractivity contribution is -0.155. The first-order chi connectivity index (χ1) is 13.4. The molecule has 1 aromatic carbocycles. The van der Waals surface area contributed by atoms with Gasteiger partial charge in [0.1, 0.15) is 23.0 Å². The van der Waals surface area contributed by atoms with Crippen molar-refractivity contribution >= 4 is 35.2 Å². The van der Waals surface area contributed by atoms with E-state index in [-0.39, 0.29) is 11.6 Å². The Morgan fingerprint density at radius 3 is 2.79 bits per heavy atom. The van der Waals surface area contributed by atoms with E-state index in [1.807, 2.05) is 0 Å². The zero-order valence-corrected chi connectivity index (χ0v) is 16.1. The highest BCUT2D eigenvalue weighted by molar-refractivity contribution is 7.99. The molecule has 2 atom stereocenters. The van der Waals surface area contributed by atoms with Gasteiger partial charge < -0.3 is 19.4 Å². The molecule has 7 nitrogen and oxygen atoms in total. The van der Waals surface area contributed by atoms with Crippen molar-refractivity contribution in [1.82, 2.24) is 4.90 Å². The first-order valence-electron chi connectivity index (χ1n) is 8.53. The van der Waals surface area contributed by atoms with Crippen LogP contribution in [0.3, 0.4) is 0 Å². The Morgan fingerprint density at radius 2 is 2.14 bits per heavy atom. The molecule has 0 radical (unpaired) electrons. The quantitative estimate of drug-likeness (QED) is 0.768. The van der Waals surface area contributed by atoms with E-state index in [1.54, 1.807) is 25.1 Å². The molecule has 1 fully saturated rings. The van der Waals surface area contributed by atoms with Crippen LogP contribution in [0.1, 0.15) is 23.6 Å². The van der Waals surface area contributed by atoms with Crippen LogP contribution in [-0.2, 0) is 19.1 Å². The summed E-state index contributed by atoms with van der Waals surface area (Å²) in [6.07, 6.45) is 1.50. The summed E-state index contributed by atoms with van der Waals surface area (Å²) in [4.78, 5) is 37.9. The third-order valence-electron chi connectivity index (χ3n) is 4.22. The molecule has 2 heterocycles. The Kier molecular flexibility index (Phi) is 6.03. The van der Waals surface area contributed by atoms with Crippen LogP contribution in [0.25, 0.3) is 0 Å². The number of amides is 2. The standard InChI is InChI=1S/C19H19FN2O5S/c1-11-5-6-13(8-14(11)20)21-17(24)9-27-19(25)15-10-28-18(22(15)12(2)23)16-4-3-7-26-16/h3-8,15,18H,9-10H2,1-2H3,(H,21,24)/t15-,18-/m0/s1. The minimum absolute atomic E-state index is 0.267. The number of anilines is 1. The number of furan rings is 1. The minimum Gasteiger partial charge on any atom is -0.466 e. The van der Waals surface area contributed by atoms with Crippen LogP contribution in [0, 0.1) is 12.7 Å². The summed E-state index contributed by atoms with van der Waals surface area (Å²) in [5.74, 6) is -1.13. The highest BCUT2D eigenvalue weighted by atomic mass is 32.2. The van der Waals surface area contributed by atoms with E-state index in [4.69, 9.17) is 9.15 Å². The van der Waals surface area contributed by atoms with E-state index in [9.17, 15) is 18.8 Å². The number of carbonyl (C=O) groups is 3. The molecule has 9 heteroatoms. The molecular formula is C19H19FN2O5S. The number of nitrogens with one attached hydrogen (secondary N) is 1. The molecule has 2 amide bonds. The molecule has 0 spiro atoms. The predicted octanol–water partition coefficient (Wildman–Crippen LogP) is 2.87. The third kappa shape index (κ3) is 4.36. The van der Waals surface area contributed by atoms with Gasteiger partial charge in [0.2, 0.25) is 5.91 Å². The summed E-state index contributed by atoms with van der Waals surface area (Å²) in [7, 11) is 0. The number of hydrogen-bond acceptors (Lipinski definition) is 6. The number of thioether (sulfide) groups is 1. The summed E-state index contributed by atoms with van der Waals surface area (Å²) >= 11 is 1.38. The molecule has 3 rings (SSSR count). The van der Waals surface area contributed by atoms with Crippen LogP contribution < -0.4 is 5.32 Å². The summed E-state index contributed by atoms with van der Waals surface area (Å²) in [5.41, 5.74) is 0.724. The number of hydrogen-bond donors (Lipinski definition) is 1. The second-order valence-electron chi connectivity index (χ2n) is 6.26. The van der Waals surface area contributed by atoms with Gasteiger partial charge in [0.05, 0.1) is 6.26 Å². The molecule has 0 aliphatic carbocycles. The Bertz CT molecular complexity index is 886. The molecule has 1 aliphatic rings. The maximum atomic E-state index is 13.5. The van der Waals surface area contributed by atoms with Crippen LogP contribution in [0.2, 0.25) is 0 Å². The highest BCUT2D eigenvalue weighted by Crippen LogP contribution is 2.41. The lowest BCUT2D eigenvalue weighted by atomic mass is 10.2. The molecule has 1 N–H and O–H groups in total. The molecule has 1 saturated heterocycles. The van der Waals surface area contributed by atoms with E-state index >= 15 is 0 Å². The zero-order chi connectivity index (χ0) is 20.3. The second-order valence-corrected chi connectivity index (χ2v) is 7.38. The molecule has 28 heavy (non-hydrogen) atoms. The van der Waals surface area contributed by atoms with Gasteiger partial charge in [-0.15, -0.1) is 11.8 Å². The number of benzene rings is 1. The number of ether oxygens (including phenoxy) is 1. The summed E-state index contributed by atoms with van der Waals surface area (Å²) < 4.78 is 24.0. The molecular weight excluding hydrogens is 387 g/mol. The van der Waals surface area contributed by atoms with E-state index in [2.05, 4.69) is 5.32 Å². The molecule has 0 saturated carbocycles. The summed E-state index contributed by atoms with van der Waals surface area (Å²) in [5, 5.41) is 2.04. The van der Waals surface area contributed by atoms with Crippen LogP contribution >= 0.6 is 11.8 Å². The lowest BCUT2D eigenvalue weighted by Crippen LogP contribution is -2.43. The average Bonchev–Trinajstić information content (AvgIpc) is 3.31. The van der Waals surface area contributed by atoms with Gasteiger partial charge in [-0.1, -0.05) is 6.07 Å². The maximum Gasteiger partial charge on any atom is 0.330 e. The van der Waals surface area contributed by atoms with Crippen molar-refractivity contribution < 1.29 is 27.9 Å². The van der Waals surface area contributed by atoms with Gasteiger partial charge in [0, 0.05) is 18.4 Å². The number of aryl methyl sites for hydroxylation is 1. The van der Waals surface area contributed by atoms with E-state index in [0.29, 0.717) is 17.1 Å². The fourth-order valence-corrected chi connectivity index (χ4v) is 4.24. The van der Waals surface area contributed by atoms with E-state index in [1.165, 1.54) is 42.0 Å². The van der Waals surface area contributed by atoms with Crippen molar-refractivity contribution in [3.8, 4) is 0 Å². The number of esters is 1. The van der Waals surface area contributed by atoms with Gasteiger partial charge in [-0.05, 0) is 36.8 Å². The molecule has 0 unspecified atom stereocenters. The molecule has 0 bridgehead atoms. The molecule has 2 aromatic rings. The normalized spacial score (nSPS) is 18.8. The Balaban J connectivity index is 1.58. The van der Waals surface area contributed by atoms with E-state index in [0.717, 1.165) is 0 Å². The Hall–Kier alpha value is -2.81. The third-order valence-corrected chi connectivity index (χ3v) is 5.51. The van der Waals surface area contributed by atoms with Gasteiger partial charge in [0.15, 0.2) is 6.61 Å². The van der Waals surface area contributed by atoms with Gasteiger partial charge in [-0.3, -0.25) is 9.59 Å². The van der Waals surface area contributed by atoms with Crippen LogP contribution in [0.4, 0.5) is 10.1 Å². The zero-order valence-electron chi connectivity index (χ0n) is 15.3. The van der Waals surface area contributed by atoms with Crippen LogP contribution in [0.15, 0.2) is 41.0 Å². The average molecular weight is 406 g/mol. The summed E-state index contributed by atoms with van der Waals surface area (Å²) in [6.45, 7) is 2.44. The van der Waals surface area contributed by atoms with Crippen molar-refractivity contribution in [3.63, 3.8) is 0 Å². The van der Waals surface area contributed by atoms with Crippen molar-refractivity contribution in [1.29, 1.82) is 0 Å². The van der Waals surface area contributed by atoms with Gasteiger partial charge in [0.25, 0.3) is 5.91 Å². The first-order valence-corrected chi connectivity index (χ1v) is 9.58. The number of nitrogens with zero attached hydrogens (tertiary/aromatic N) is 1. The van der Waals surface area contributed by atoms with Gasteiger partial charge in [-0.25, -0.2) is 9.18 Å². The largest absolute Gasteiger partial charge is 0.466 e. The van der Waals surface area contributed by atoms with Crippen LogP contribution in [-0.4, -0.2) is 41.1 Å². The van der Waals surface area contributed by atoms with Crippen molar-refractivity contribution in [3.05, 3.63) is 53.7 Å². The van der Waals surface area contributed by atoms with Gasteiger partial charge >= 0.3 is 5.97 Å². The SMILES string of the molecule is CC(=O)N1[C@H](C(=O)OCC(=O)Nc2ccc(C)c(F)c2)CS[C@H]1c1ccco1. The molecule has 1 aromatic heterocycles. The summed E-state index contributed by atoms with van der Waals surface area (Å²) in [6, 6.07) is 6.90. The molecule has 148 valence electrons. The molecule has 1 aliphatic heterocycles. The second kappa shape index (κ2) is 8.47. The smallest absolute Gasteiger partial charge is 0.330 e. The monoisotopic (exact) mass is 406 g/mol. The van der Waals surface area contributed by atoms with Crippen molar-refractivity contribution in [2.45, 2.75) is 25.3 Å². The lowest BCUT2D eigenvalue weighted by Gasteiger charge is -2.25. The maximum absolute atomic E-state index is 13.5. The number of halogens is 1. The number of rotatable bonds is 5. The van der Waals surface area contributed by atoms with Crippen molar-refractivity contribution in [2.24, 2.45) is 0 Å².